The molecule has 0 amide bonds. The van der Waals surface area contributed by atoms with Crippen molar-refractivity contribution in [2.75, 3.05) is 53.0 Å². The van der Waals surface area contributed by atoms with E-state index in [1.54, 1.807) is 7.11 Å². The van der Waals surface area contributed by atoms with Gasteiger partial charge in [-0.3, -0.25) is 4.90 Å². The van der Waals surface area contributed by atoms with Crippen LogP contribution < -0.4 is 39.4 Å². The molecule has 1 aromatic rings. The molecule has 5 nitrogen and oxygen atoms in total. The number of methoxy groups -OCH3 is 1. The lowest BCUT2D eigenvalue weighted by molar-refractivity contribution is -0.988. The zero-order valence-electron chi connectivity index (χ0n) is 16.7. The fourth-order valence-corrected chi connectivity index (χ4v) is 3.56. The predicted molar refractivity (Wildman–Crippen MR) is 99.9 cm³/mol. The van der Waals surface area contributed by atoms with Gasteiger partial charge in [0.15, 0.2) is 11.4 Å². The van der Waals surface area contributed by atoms with Crippen molar-refractivity contribution in [3.8, 4) is 5.75 Å². The van der Waals surface area contributed by atoms with Crippen LogP contribution in [0.25, 0.3) is 0 Å². The number of hydrogen-bond donors (Lipinski definition) is 3. The SMILES string of the molecule is CCCCCCOCC(O)C[NH+]1CC[NH+](c2ccccc2OC)CC1.[Cl-].[Cl-]. The second-order valence-electron chi connectivity index (χ2n) is 7.05. The van der Waals surface area contributed by atoms with E-state index in [0.29, 0.717) is 6.61 Å². The number of rotatable bonds is 11. The summed E-state index contributed by atoms with van der Waals surface area (Å²) >= 11 is 0. The molecule has 1 saturated heterocycles. The fraction of sp³-hybridized carbons (Fsp3) is 0.700. The van der Waals surface area contributed by atoms with E-state index in [-0.39, 0.29) is 30.9 Å². The van der Waals surface area contributed by atoms with E-state index in [0.717, 1.165) is 51.5 Å². The molecule has 7 heteroatoms. The smallest absolute Gasteiger partial charge is 0.179 e. The summed E-state index contributed by atoms with van der Waals surface area (Å²) in [5.74, 6) is 0.970. The fourth-order valence-electron chi connectivity index (χ4n) is 3.56. The Bertz CT molecular complexity index is 486. The zero-order chi connectivity index (χ0) is 17.9. The largest absolute Gasteiger partial charge is 1.00 e. The van der Waals surface area contributed by atoms with Crippen LogP contribution in [0.5, 0.6) is 5.75 Å². The molecule has 1 aliphatic rings. The van der Waals surface area contributed by atoms with Crippen molar-refractivity contribution in [2.24, 2.45) is 0 Å². The van der Waals surface area contributed by atoms with E-state index in [4.69, 9.17) is 9.47 Å². The molecule has 1 aromatic carbocycles. The average molecular weight is 423 g/mol. The van der Waals surface area contributed by atoms with Crippen LogP contribution in [0.3, 0.4) is 0 Å². The van der Waals surface area contributed by atoms with Gasteiger partial charge in [0.25, 0.3) is 0 Å². The number of nitrogens with one attached hydrogen (secondary N) is 2. The molecule has 0 spiro atoms. The number of aliphatic hydroxyl groups is 1. The highest BCUT2D eigenvalue weighted by Gasteiger charge is 2.27. The molecule has 1 heterocycles. The van der Waals surface area contributed by atoms with E-state index in [1.165, 1.54) is 34.7 Å². The summed E-state index contributed by atoms with van der Waals surface area (Å²) in [5, 5.41) is 10.2. The number of halogens is 2. The number of hydrogen-bond acceptors (Lipinski definition) is 3. The minimum atomic E-state index is -0.353. The van der Waals surface area contributed by atoms with Crippen molar-refractivity contribution in [2.45, 2.75) is 38.7 Å². The second-order valence-corrected chi connectivity index (χ2v) is 7.05. The molecule has 0 aromatic heterocycles. The third-order valence-corrected chi connectivity index (χ3v) is 5.03. The molecule has 0 aliphatic carbocycles. The summed E-state index contributed by atoms with van der Waals surface area (Å²) in [7, 11) is 1.73. The van der Waals surface area contributed by atoms with E-state index in [9.17, 15) is 5.11 Å². The average Bonchev–Trinajstić information content (AvgIpc) is 2.65. The number of piperazine rings is 1. The van der Waals surface area contributed by atoms with Crippen molar-refractivity contribution in [1.82, 2.24) is 0 Å². The van der Waals surface area contributed by atoms with Gasteiger partial charge >= 0.3 is 0 Å². The van der Waals surface area contributed by atoms with Crippen molar-refractivity contribution in [3.63, 3.8) is 0 Å². The first-order valence-electron chi connectivity index (χ1n) is 9.82. The molecule has 0 radical (unpaired) electrons. The molecular weight excluding hydrogens is 387 g/mol. The van der Waals surface area contributed by atoms with E-state index < -0.39 is 0 Å². The summed E-state index contributed by atoms with van der Waals surface area (Å²) in [6.07, 6.45) is 4.50. The van der Waals surface area contributed by atoms with Crippen LogP contribution in [-0.2, 0) is 4.74 Å². The van der Waals surface area contributed by atoms with Crippen LogP contribution in [0.1, 0.15) is 32.6 Å². The number of benzene rings is 1. The van der Waals surface area contributed by atoms with Gasteiger partial charge in [-0.1, -0.05) is 38.3 Å². The lowest BCUT2D eigenvalue weighted by atomic mass is 10.2. The third kappa shape index (κ3) is 9.46. The Labute approximate surface area is 176 Å². The van der Waals surface area contributed by atoms with Gasteiger partial charge in [-0.15, -0.1) is 0 Å². The lowest BCUT2D eigenvalue weighted by Gasteiger charge is -2.31. The van der Waals surface area contributed by atoms with Crippen molar-refractivity contribution in [1.29, 1.82) is 0 Å². The Morgan fingerprint density at radius 2 is 1.74 bits per heavy atom. The molecule has 1 aliphatic heterocycles. The van der Waals surface area contributed by atoms with Crippen LogP contribution in [0.4, 0.5) is 5.69 Å². The maximum absolute atomic E-state index is 10.2. The van der Waals surface area contributed by atoms with Gasteiger partial charge < -0.3 is 44.3 Å². The van der Waals surface area contributed by atoms with E-state index in [2.05, 4.69) is 19.1 Å². The van der Waals surface area contributed by atoms with Gasteiger partial charge in [-0.2, -0.15) is 0 Å². The first-order valence-corrected chi connectivity index (χ1v) is 9.82. The van der Waals surface area contributed by atoms with Crippen molar-refractivity contribution in [3.05, 3.63) is 24.3 Å². The monoisotopic (exact) mass is 422 g/mol. The first kappa shape index (κ1) is 26.4. The third-order valence-electron chi connectivity index (χ3n) is 5.03. The Morgan fingerprint density at radius 3 is 2.41 bits per heavy atom. The number of aliphatic hydroxyl groups excluding tert-OH is 1. The number of ether oxygens (including phenoxy) is 2. The summed E-state index contributed by atoms with van der Waals surface area (Å²) < 4.78 is 11.1. The predicted octanol–water partition coefficient (Wildman–Crippen LogP) is -5.92. The van der Waals surface area contributed by atoms with Crippen LogP contribution in [0.15, 0.2) is 24.3 Å². The standard InChI is InChI=1S/C20H34N2O3.2ClH/c1-3-4-5-8-15-25-17-18(23)16-21-11-13-22(14-12-21)19-9-6-7-10-20(19)24-2;;/h6-7,9-10,18,23H,3-5,8,11-17H2,1-2H3;2*1H. The Morgan fingerprint density at radius 1 is 1.04 bits per heavy atom. The van der Waals surface area contributed by atoms with Crippen LogP contribution in [0.2, 0.25) is 0 Å². The normalized spacial score (nSPS) is 20.3. The topological polar surface area (TPSA) is 47.6 Å². The van der Waals surface area contributed by atoms with Gasteiger partial charge in [0.05, 0.1) is 13.7 Å². The molecule has 1 unspecified atom stereocenters. The molecule has 1 fully saturated rings. The Balaban J connectivity index is 0.00000338. The van der Waals surface area contributed by atoms with Gasteiger partial charge in [-0.25, -0.2) is 0 Å². The molecular formula is C20H36Cl2N2O3. The quantitative estimate of drug-likeness (QED) is 0.311. The molecule has 0 bridgehead atoms. The van der Waals surface area contributed by atoms with Gasteiger partial charge in [0.1, 0.15) is 38.8 Å². The molecule has 0 saturated carbocycles. The maximum atomic E-state index is 10.2. The van der Waals surface area contributed by atoms with E-state index in [1.807, 2.05) is 12.1 Å². The van der Waals surface area contributed by atoms with E-state index >= 15 is 0 Å². The highest BCUT2D eigenvalue weighted by molar-refractivity contribution is 5.45. The number of quaternary nitrogens is 2. The number of para-hydroxylation sites is 2. The molecule has 158 valence electrons. The summed E-state index contributed by atoms with van der Waals surface area (Å²) in [5.41, 5.74) is 1.25. The van der Waals surface area contributed by atoms with Crippen LogP contribution in [-0.4, -0.2) is 64.3 Å². The summed E-state index contributed by atoms with van der Waals surface area (Å²) in [4.78, 5) is 2.95. The van der Waals surface area contributed by atoms with Gasteiger partial charge in [0.2, 0.25) is 0 Å². The van der Waals surface area contributed by atoms with Gasteiger partial charge in [0, 0.05) is 12.7 Å². The molecule has 1 atom stereocenters. The molecule has 27 heavy (non-hydrogen) atoms. The summed E-state index contributed by atoms with van der Waals surface area (Å²) in [6.45, 7) is 8.52. The first-order chi connectivity index (χ1) is 12.2. The second kappa shape index (κ2) is 15.4. The lowest BCUT2D eigenvalue weighted by Crippen LogP contribution is -3.26. The van der Waals surface area contributed by atoms with Gasteiger partial charge in [-0.05, 0) is 12.5 Å². The molecule has 2 rings (SSSR count). The van der Waals surface area contributed by atoms with Crippen LogP contribution in [0, 0.1) is 0 Å². The van der Waals surface area contributed by atoms with Crippen molar-refractivity contribution < 1.29 is 49.2 Å². The highest BCUT2D eigenvalue weighted by atomic mass is 35.5. The summed E-state index contributed by atoms with van der Waals surface area (Å²) in [6, 6.07) is 8.27. The number of unbranched alkanes of at least 4 members (excludes halogenated alkanes) is 3. The Kier molecular flexibility index (Phi) is 15.1. The minimum absolute atomic E-state index is 0. The molecule has 3 N–H and O–H groups in total. The zero-order valence-corrected chi connectivity index (χ0v) is 18.2. The van der Waals surface area contributed by atoms with Crippen LogP contribution >= 0.6 is 0 Å². The maximum Gasteiger partial charge on any atom is 0.179 e. The van der Waals surface area contributed by atoms with Crippen molar-refractivity contribution >= 4 is 5.69 Å². The Hall–Kier alpha value is -0.560. The minimum Gasteiger partial charge on any atom is -1.00 e. The highest BCUT2D eigenvalue weighted by Crippen LogP contribution is 2.18.